The molecule has 5 nitrogen and oxygen atoms in total. The summed E-state index contributed by atoms with van der Waals surface area (Å²) < 4.78 is 0. The third kappa shape index (κ3) is 2.09. The lowest BCUT2D eigenvalue weighted by Crippen LogP contribution is -2.71. The van der Waals surface area contributed by atoms with Gasteiger partial charge < -0.3 is 0 Å². The van der Waals surface area contributed by atoms with Crippen LogP contribution < -0.4 is 27.5 Å². The quantitative estimate of drug-likeness (QED) is 0.250. The molecule has 1 atom stereocenters. The molecule has 0 aromatic rings. The van der Waals surface area contributed by atoms with Crippen molar-refractivity contribution in [2.45, 2.75) is 18.3 Å². The lowest BCUT2D eigenvalue weighted by molar-refractivity contribution is 0.183. The van der Waals surface area contributed by atoms with Crippen LogP contribution in [-0.2, 0) is 0 Å². The van der Waals surface area contributed by atoms with E-state index in [4.69, 9.17) is 0 Å². The van der Waals surface area contributed by atoms with Gasteiger partial charge in [-0.1, -0.05) is 6.92 Å². The monoisotopic (exact) mass is 149 g/mol. The van der Waals surface area contributed by atoms with E-state index in [1.807, 2.05) is 6.92 Å². The predicted octanol–water partition coefficient (Wildman–Crippen LogP) is -1.75. The number of rotatable bonds is 1. The zero-order chi connectivity index (χ0) is 6.69. The topological polar surface area (TPSA) is 60.1 Å². The maximum Gasteiger partial charge on any atom is 0.0972 e. The first-order valence-electron chi connectivity index (χ1n) is 2.75. The summed E-state index contributed by atoms with van der Waals surface area (Å²) in [6.45, 7) is 1.99. The number of thiol groups is 1. The van der Waals surface area contributed by atoms with Gasteiger partial charge in [0.25, 0.3) is 0 Å². The molecule has 1 fully saturated rings. The van der Waals surface area contributed by atoms with Gasteiger partial charge >= 0.3 is 0 Å². The van der Waals surface area contributed by atoms with Gasteiger partial charge in [-0.25, -0.2) is 10.9 Å². The first kappa shape index (κ1) is 7.26. The molecule has 54 valence electrons. The summed E-state index contributed by atoms with van der Waals surface area (Å²) in [6, 6.07) is 0. The average molecular weight is 149 g/mol. The van der Waals surface area contributed by atoms with Gasteiger partial charge in [0, 0.05) is 5.25 Å². The van der Waals surface area contributed by atoms with Crippen LogP contribution in [0, 0.1) is 0 Å². The fraction of sp³-hybridized carbons (Fsp3) is 1.00. The molecule has 0 spiro atoms. The molecule has 0 saturated carbocycles. The van der Waals surface area contributed by atoms with Crippen LogP contribution in [0.5, 0.6) is 0 Å². The molecule has 1 rings (SSSR count). The molecular weight excluding hydrogens is 138 g/mol. The van der Waals surface area contributed by atoms with Gasteiger partial charge in [0.05, 0.1) is 6.17 Å². The summed E-state index contributed by atoms with van der Waals surface area (Å²) >= 11 is 4.21. The number of nitrogens with one attached hydrogen (secondary N) is 5. The summed E-state index contributed by atoms with van der Waals surface area (Å²) in [5.41, 5.74) is 13.8. The second-order valence-corrected chi connectivity index (χ2v) is 2.70. The number of hydrazine groups is 4. The van der Waals surface area contributed by atoms with E-state index in [9.17, 15) is 0 Å². The van der Waals surface area contributed by atoms with Crippen molar-refractivity contribution < 1.29 is 0 Å². The van der Waals surface area contributed by atoms with E-state index < -0.39 is 0 Å². The Morgan fingerprint density at radius 2 is 1.78 bits per heavy atom. The van der Waals surface area contributed by atoms with Gasteiger partial charge in [0.1, 0.15) is 0 Å². The van der Waals surface area contributed by atoms with Crippen LogP contribution in [0.4, 0.5) is 0 Å². The van der Waals surface area contributed by atoms with Crippen molar-refractivity contribution in [1.29, 1.82) is 0 Å². The van der Waals surface area contributed by atoms with Crippen molar-refractivity contribution in [3.8, 4) is 0 Å². The Balaban J connectivity index is 2.23. The van der Waals surface area contributed by atoms with E-state index in [-0.39, 0.29) is 11.4 Å². The smallest absolute Gasteiger partial charge is 0.0972 e. The minimum atomic E-state index is 0.134. The van der Waals surface area contributed by atoms with Crippen molar-refractivity contribution in [2.24, 2.45) is 0 Å². The van der Waals surface area contributed by atoms with E-state index in [0.29, 0.717) is 0 Å². The first-order valence-corrected chi connectivity index (χ1v) is 3.26. The largest absolute Gasteiger partial charge is 0.224 e. The van der Waals surface area contributed by atoms with Gasteiger partial charge in [-0.15, -0.1) is 0 Å². The molecule has 1 aliphatic rings. The predicted molar refractivity (Wildman–Crippen MR) is 37.9 cm³/mol. The Kier molecular flexibility index (Phi) is 2.70. The zero-order valence-electron chi connectivity index (χ0n) is 5.10. The van der Waals surface area contributed by atoms with E-state index in [1.165, 1.54) is 0 Å². The fourth-order valence-corrected chi connectivity index (χ4v) is 0.685. The van der Waals surface area contributed by atoms with Crippen molar-refractivity contribution >= 4 is 12.6 Å². The molecule has 1 unspecified atom stereocenters. The average Bonchev–Trinajstić information content (AvgIpc) is 1.90. The van der Waals surface area contributed by atoms with Crippen LogP contribution in [-0.4, -0.2) is 11.4 Å². The molecule has 6 heteroatoms. The summed E-state index contributed by atoms with van der Waals surface area (Å²) in [5, 5.41) is 0.243. The van der Waals surface area contributed by atoms with Crippen LogP contribution >= 0.6 is 12.6 Å². The van der Waals surface area contributed by atoms with Gasteiger partial charge in [0.2, 0.25) is 0 Å². The van der Waals surface area contributed by atoms with Gasteiger partial charge in [-0.05, 0) is 0 Å². The Morgan fingerprint density at radius 3 is 2.11 bits per heavy atom. The minimum Gasteiger partial charge on any atom is -0.224 e. The van der Waals surface area contributed by atoms with Crippen molar-refractivity contribution in [2.75, 3.05) is 0 Å². The normalized spacial score (nSPS) is 26.0. The third-order valence-corrected chi connectivity index (χ3v) is 1.36. The van der Waals surface area contributed by atoms with Gasteiger partial charge in [0.15, 0.2) is 0 Å². The van der Waals surface area contributed by atoms with Gasteiger partial charge in [-0.3, -0.25) is 0 Å². The third-order valence-electron chi connectivity index (χ3n) is 1.06. The molecule has 9 heavy (non-hydrogen) atoms. The van der Waals surface area contributed by atoms with Crippen molar-refractivity contribution in [3.05, 3.63) is 0 Å². The Labute approximate surface area is 59.2 Å². The van der Waals surface area contributed by atoms with E-state index in [2.05, 4.69) is 40.1 Å². The zero-order valence-corrected chi connectivity index (χ0v) is 6.00. The van der Waals surface area contributed by atoms with Crippen LogP contribution in [0.15, 0.2) is 0 Å². The number of hydrogen-bond acceptors (Lipinski definition) is 6. The molecule has 0 aliphatic carbocycles. The lowest BCUT2D eigenvalue weighted by atomic mass is 10.4. The molecule has 0 aromatic carbocycles. The van der Waals surface area contributed by atoms with Crippen LogP contribution in [0.3, 0.4) is 0 Å². The highest BCUT2D eigenvalue weighted by molar-refractivity contribution is 7.81. The van der Waals surface area contributed by atoms with E-state index >= 15 is 0 Å². The lowest BCUT2D eigenvalue weighted by Gasteiger charge is -2.28. The maximum atomic E-state index is 4.21. The molecule has 1 saturated heterocycles. The molecule has 0 radical (unpaired) electrons. The standard InChI is InChI=1S/C3H11N5S/c1-2(9)3-4-6-8-7-5-3/h2-9H,1H3. The molecule has 5 N–H and O–H groups in total. The van der Waals surface area contributed by atoms with Gasteiger partial charge in [-0.2, -0.15) is 29.2 Å². The first-order chi connectivity index (χ1) is 4.30. The molecule has 0 bridgehead atoms. The SMILES string of the molecule is CC(S)C1NNNNN1. The summed E-state index contributed by atoms with van der Waals surface area (Å²) in [7, 11) is 0. The van der Waals surface area contributed by atoms with Crippen LogP contribution in [0.1, 0.15) is 6.92 Å². The Morgan fingerprint density at radius 1 is 1.22 bits per heavy atom. The highest BCUT2D eigenvalue weighted by Crippen LogP contribution is 1.95. The summed E-state index contributed by atoms with van der Waals surface area (Å²) in [5.74, 6) is 0. The number of hydrogen-bond donors (Lipinski definition) is 6. The second kappa shape index (κ2) is 3.35. The summed E-state index contributed by atoms with van der Waals surface area (Å²) in [4.78, 5) is 0. The molecular formula is C3H11N5S. The summed E-state index contributed by atoms with van der Waals surface area (Å²) in [6.07, 6.45) is 0.134. The van der Waals surface area contributed by atoms with Crippen molar-refractivity contribution in [1.82, 2.24) is 27.5 Å². The second-order valence-electron chi connectivity index (χ2n) is 1.88. The van der Waals surface area contributed by atoms with Crippen LogP contribution in [0.25, 0.3) is 0 Å². The molecule has 1 heterocycles. The van der Waals surface area contributed by atoms with Crippen molar-refractivity contribution in [3.63, 3.8) is 0 Å². The highest BCUT2D eigenvalue weighted by Gasteiger charge is 2.14. The molecule has 1 aliphatic heterocycles. The Bertz CT molecular complexity index is 80.3. The van der Waals surface area contributed by atoms with Crippen LogP contribution in [0.2, 0.25) is 0 Å². The molecule has 0 aromatic heterocycles. The van der Waals surface area contributed by atoms with E-state index in [0.717, 1.165) is 0 Å². The Hall–Kier alpha value is 0.150. The highest BCUT2D eigenvalue weighted by atomic mass is 32.1. The molecule has 0 amide bonds. The fourth-order valence-electron chi connectivity index (χ4n) is 0.536. The van der Waals surface area contributed by atoms with E-state index in [1.54, 1.807) is 0 Å². The minimum absolute atomic E-state index is 0.134. The maximum absolute atomic E-state index is 4.21.